The molecule has 2 N–H and O–H groups in total. The normalized spacial score (nSPS) is 20.8. The van der Waals surface area contributed by atoms with Crippen LogP contribution in [-0.4, -0.2) is 18.6 Å². The molecule has 2 rings (SSSR count). The molecular weight excluding hydrogens is 208 g/mol. The van der Waals surface area contributed by atoms with Crippen LogP contribution >= 0.6 is 0 Å². The van der Waals surface area contributed by atoms with E-state index in [2.05, 4.69) is 49.9 Å². The van der Waals surface area contributed by atoms with Gasteiger partial charge in [0.2, 0.25) is 0 Å². The van der Waals surface area contributed by atoms with E-state index >= 15 is 0 Å². The summed E-state index contributed by atoms with van der Waals surface area (Å²) in [6, 6.07) is 9.66. The van der Waals surface area contributed by atoms with Crippen LogP contribution in [0.25, 0.3) is 0 Å². The Labute approximate surface area is 105 Å². The molecule has 0 fully saturated rings. The molecule has 0 bridgehead atoms. The molecule has 0 spiro atoms. The van der Waals surface area contributed by atoms with Crippen LogP contribution in [0.4, 0.5) is 5.69 Å². The van der Waals surface area contributed by atoms with Crippen molar-refractivity contribution in [2.45, 2.75) is 45.7 Å². The van der Waals surface area contributed by atoms with Gasteiger partial charge in [0.1, 0.15) is 0 Å². The summed E-state index contributed by atoms with van der Waals surface area (Å²) in [6.07, 6.45) is 2.24. The minimum atomic E-state index is 0.281. The van der Waals surface area contributed by atoms with E-state index in [4.69, 9.17) is 5.73 Å². The zero-order valence-electron chi connectivity index (χ0n) is 11.2. The predicted octanol–water partition coefficient (Wildman–Crippen LogP) is 2.81. The molecular formula is C15H24N2. The van der Waals surface area contributed by atoms with Gasteiger partial charge in [0.05, 0.1) is 0 Å². The van der Waals surface area contributed by atoms with Crippen LogP contribution in [0.2, 0.25) is 0 Å². The first-order chi connectivity index (χ1) is 8.08. The highest BCUT2D eigenvalue weighted by Crippen LogP contribution is 2.34. The van der Waals surface area contributed by atoms with Crippen molar-refractivity contribution in [2.75, 3.05) is 11.4 Å². The molecule has 0 saturated carbocycles. The Morgan fingerprint density at radius 3 is 2.65 bits per heavy atom. The lowest BCUT2D eigenvalue weighted by Gasteiger charge is -2.30. The second-order valence-corrected chi connectivity index (χ2v) is 5.75. The van der Waals surface area contributed by atoms with Crippen LogP contribution in [-0.2, 0) is 6.42 Å². The maximum absolute atomic E-state index is 5.97. The molecule has 0 aromatic heterocycles. The second kappa shape index (κ2) is 5.09. The average molecular weight is 232 g/mol. The molecule has 0 amide bonds. The molecule has 2 nitrogen and oxygen atoms in total. The van der Waals surface area contributed by atoms with Crippen molar-refractivity contribution in [3.63, 3.8) is 0 Å². The SMILES string of the molecule is CC(C)CN1c2ccccc2CC1CC(C)N. The second-order valence-electron chi connectivity index (χ2n) is 5.75. The lowest BCUT2D eigenvalue weighted by Crippen LogP contribution is -2.38. The van der Waals surface area contributed by atoms with E-state index < -0.39 is 0 Å². The fraction of sp³-hybridized carbons (Fsp3) is 0.600. The number of nitrogens with two attached hydrogens (primary N) is 1. The average Bonchev–Trinajstić information content (AvgIpc) is 2.55. The molecule has 0 saturated heterocycles. The predicted molar refractivity (Wildman–Crippen MR) is 74.4 cm³/mol. The fourth-order valence-electron chi connectivity index (χ4n) is 2.80. The van der Waals surface area contributed by atoms with E-state index in [9.17, 15) is 0 Å². The maximum atomic E-state index is 5.97. The topological polar surface area (TPSA) is 29.3 Å². The summed E-state index contributed by atoms with van der Waals surface area (Å²) < 4.78 is 0. The highest BCUT2D eigenvalue weighted by atomic mass is 15.2. The van der Waals surface area contributed by atoms with Gasteiger partial charge in [-0.25, -0.2) is 0 Å². The van der Waals surface area contributed by atoms with Crippen molar-refractivity contribution in [3.8, 4) is 0 Å². The summed E-state index contributed by atoms with van der Waals surface area (Å²) in [4.78, 5) is 2.56. The third-order valence-electron chi connectivity index (χ3n) is 3.40. The van der Waals surface area contributed by atoms with Crippen molar-refractivity contribution >= 4 is 5.69 Å². The van der Waals surface area contributed by atoms with Gasteiger partial charge in [-0.1, -0.05) is 32.0 Å². The van der Waals surface area contributed by atoms with Crippen LogP contribution in [0.1, 0.15) is 32.8 Å². The molecule has 1 aromatic carbocycles. The van der Waals surface area contributed by atoms with E-state index in [0.717, 1.165) is 19.4 Å². The molecule has 0 radical (unpaired) electrons. The van der Waals surface area contributed by atoms with Crippen molar-refractivity contribution in [3.05, 3.63) is 29.8 Å². The molecule has 1 heterocycles. The van der Waals surface area contributed by atoms with Gasteiger partial charge in [-0.3, -0.25) is 0 Å². The zero-order valence-corrected chi connectivity index (χ0v) is 11.2. The first-order valence-electron chi connectivity index (χ1n) is 6.68. The van der Waals surface area contributed by atoms with Gasteiger partial charge in [-0.05, 0) is 37.3 Å². The molecule has 94 valence electrons. The van der Waals surface area contributed by atoms with Crippen molar-refractivity contribution < 1.29 is 0 Å². The van der Waals surface area contributed by atoms with E-state index in [1.54, 1.807) is 0 Å². The van der Waals surface area contributed by atoms with Gasteiger partial charge < -0.3 is 10.6 Å². The fourth-order valence-corrected chi connectivity index (χ4v) is 2.80. The first kappa shape index (κ1) is 12.4. The van der Waals surface area contributed by atoms with Crippen molar-refractivity contribution in [2.24, 2.45) is 11.7 Å². The monoisotopic (exact) mass is 232 g/mol. The summed E-state index contributed by atoms with van der Waals surface area (Å²) in [5.41, 5.74) is 8.88. The summed E-state index contributed by atoms with van der Waals surface area (Å²) in [7, 11) is 0. The van der Waals surface area contributed by atoms with Crippen LogP contribution in [0, 0.1) is 5.92 Å². The molecule has 1 aliphatic rings. The lowest BCUT2D eigenvalue weighted by molar-refractivity contribution is 0.493. The number of para-hydroxylation sites is 1. The molecule has 17 heavy (non-hydrogen) atoms. The Morgan fingerprint density at radius 1 is 1.29 bits per heavy atom. The maximum Gasteiger partial charge on any atom is 0.0402 e. The first-order valence-corrected chi connectivity index (χ1v) is 6.68. The Morgan fingerprint density at radius 2 is 2.00 bits per heavy atom. The summed E-state index contributed by atoms with van der Waals surface area (Å²) in [5.74, 6) is 0.691. The molecule has 1 aromatic rings. The third kappa shape index (κ3) is 2.81. The van der Waals surface area contributed by atoms with Gasteiger partial charge >= 0.3 is 0 Å². The summed E-state index contributed by atoms with van der Waals surface area (Å²) in [5, 5.41) is 0. The smallest absolute Gasteiger partial charge is 0.0402 e. The van der Waals surface area contributed by atoms with Gasteiger partial charge in [0.25, 0.3) is 0 Å². The van der Waals surface area contributed by atoms with Gasteiger partial charge in [-0.2, -0.15) is 0 Å². The minimum Gasteiger partial charge on any atom is -0.368 e. The lowest BCUT2D eigenvalue weighted by atomic mass is 10.0. The van der Waals surface area contributed by atoms with E-state index in [-0.39, 0.29) is 6.04 Å². The molecule has 2 heteroatoms. The van der Waals surface area contributed by atoms with Crippen LogP contribution in [0.15, 0.2) is 24.3 Å². The van der Waals surface area contributed by atoms with Gasteiger partial charge in [-0.15, -0.1) is 0 Å². The van der Waals surface area contributed by atoms with E-state index in [1.807, 2.05) is 0 Å². The zero-order chi connectivity index (χ0) is 12.4. The number of benzene rings is 1. The Hall–Kier alpha value is -1.02. The third-order valence-corrected chi connectivity index (χ3v) is 3.40. The summed E-state index contributed by atoms with van der Waals surface area (Å²) >= 11 is 0. The van der Waals surface area contributed by atoms with Gasteiger partial charge in [0, 0.05) is 24.3 Å². The molecule has 2 atom stereocenters. The molecule has 2 unspecified atom stereocenters. The number of anilines is 1. The van der Waals surface area contributed by atoms with Crippen LogP contribution in [0.3, 0.4) is 0 Å². The Bertz CT molecular complexity index is 371. The Kier molecular flexibility index (Phi) is 3.72. The number of hydrogen-bond donors (Lipinski definition) is 1. The quantitative estimate of drug-likeness (QED) is 0.865. The number of fused-ring (bicyclic) bond motifs is 1. The van der Waals surface area contributed by atoms with E-state index in [0.29, 0.717) is 12.0 Å². The Balaban J connectivity index is 2.20. The van der Waals surface area contributed by atoms with Crippen molar-refractivity contribution in [1.29, 1.82) is 0 Å². The molecule has 0 aliphatic carbocycles. The number of hydrogen-bond acceptors (Lipinski definition) is 2. The highest BCUT2D eigenvalue weighted by molar-refractivity contribution is 5.59. The van der Waals surface area contributed by atoms with E-state index in [1.165, 1.54) is 11.3 Å². The van der Waals surface area contributed by atoms with Crippen LogP contribution < -0.4 is 10.6 Å². The molecule has 1 aliphatic heterocycles. The minimum absolute atomic E-state index is 0.281. The number of nitrogens with zero attached hydrogens (tertiary/aromatic N) is 1. The summed E-state index contributed by atoms with van der Waals surface area (Å²) in [6.45, 7) is 7.80. The highest BCUT2D eigenvalue weighted by Gasteiger charge is 2.29. The standard InChI is InChI=1S/C15H24N2/c1-11(2)10-17-14(8-12(3)16)9-13-6-4-5-7-15(13)17/h4-7,11-12,14H,8-10,16H2,1-3H3. The van der Waals surface area contributed by atoms with Crippen molar-refractivity contribution in [1.82, 2.24) is 0 Å². The van der Waals surface area contributed by atoms with Crippen LogP contribution in [0.5, 0.6) is 0 Å². The number of rotatable bonds is 4. The largest absolute Gasteiger partial charge is 0.368 e. The van der Waals surface area contributed by atoms with Gasteiger partial charge in [0.15, 0.2) is 0 Å².